The van der Waals surface area contributed by atoms with Gasteiger partial charge in [-0.15, -0.1) is 0 Å². The molecular formula is C17H21NO3. The maximum absolute atomic E-state index is 10.9. The molecule has 0 amide bonds. The number of carbonyl (C=O) groups is 1. The van der Waals surface area contributed by atoms with Gasteiger partial charge in [0.15, 0.2) is 0 Å². The summed E-state index contributed by atoms with van der Waals surface area (Å²) >= 11 is 0. The zero-order valence-corrected chi connectivity index (χ0v) is 12.3. The van der Waals surface area contributed by atoms with Crippen molar-refractivity contribution in [1.29, 1.82) is 0 Å². The Kier molecular flexibility index (Phi) is 3.97. The number of fused-ring (bicyclic) bond motifs is 1. The van der Waals surface area contributed by atoms with E-state index in [0.29, 0.717) is 0 Å². The van der Waals surface area contributed by atoms with Crippen LogP contribution < -0.4 is 0 Å². The summed E-state index contributed by atoms with van der Waals surface area (Å²) in [4.78, 5) is 13.2. The molecule has 1 aromatic carbocycles. The number of piperidine rings is 1. The number of hydrogen-bond acceptors (Lipinski definition) is 3. The van der Waals surface area contributed by atoms with E-state index in [4.69, 9.17) is 9.52 Å². The highest BCUT2D eigenvalue weighted by atomic mass is 16.4. The minimum absolute atomic E-state index is 0.189. The van der Waals surface area contributed by atoms with Gasteiger partial charge in [0.05, 0.1) is 6.04 Å². The summed E-state index contributed by atoms with van der Waals surface area (Å²) in [7, 11) is 0. The van der Waals surface area contributed by atoms with Crippen LogP contribution in [0.2, 0.25) is 0 Å². The molecule has 1 fully saturated rings. The average molecular weight is 287 g/mol. The van der Waals surface area contributed by atoms with Gasteiger partial charge in [-0.3, -0.25) is 9.69 Å². The van der Waals surface area contributed by atoms with Crippen LogP contribution >= 0.6 is 0 Å². The molecule has 4 heteroatoms. The number of para-hydroxylation sites is 1. The van der Waals surface area contributed by atoms with E-state index in [-0.39, 0.29) is 18.4 Å². The van der Waals surface area contributed by atoms with Crippen LogP contribution in [-0.2, 0) is 4.79 Å². The molecule has 1 aliphatic rings. The normalized spacial score (nSPS) is 21.5. The van der Waals surface area contributed by atoms with Crippen LogP contribution in [0.3, 0.4) is 0 Å². The zero-order valence-electron chi connectivity index (χ0n) is 12.3. The first-order valence-corrected chi connectivity index (χ1v) is 7.58. The predicted octanol–water partition coefficient (Wildman–Crippen LogP) is 3.68. The second-order valence-corrected chi connectivity index (χ2v) is 5.96. The van der Waals surface area contributed by atoms with E-state index in [1.807, 2.05) is 18.2 Å². The molecule has 1 saturated heterocycles. The molecule has 0 bridgehead atoms. The first-order valence-electron chi connectivity index (χ1n) is 7.58. The maximum atomic E-state index is 10.9. The standard InChI is InChI=1S/C17H21NO3/c1-12(16-10-14-6-2-3-7-15(14)21-16)18-8-4-5-13(11-18)9-17(19)20/h2-3,6-7,10,12-13H,4-5,8-9,11H2,1H3,(H,19,20). The van der Waals surface area contributed by atoms with Crippen molar-refractivity contribution < 1.29 is 14.3 Å². The molecule has 21 heavy (non-hydrogen) atoms. The largest absolute Gasteiger partial charge is 0.481 e. The van der Waals surface area contributed by atoms with E-state index in [2.05, 4.69) is 24.0 Å². The summed E-state index contributed by atoms with van der Waals surface area (Å²) in [6.07, 6.45) is 2.33. The zero-order chi connectivity index (χ0) is 14.8. The van der Waals surface area contributed by atoms with Crippen molar-refractivity contribution in [3.05, 3.63) is 36.1 Å². The highest BCUT2D eigenvalue weighted by Gasteiger charge is 2.27. The van der Waals surface area contributed by atoms with Crippen molar-refractivity contribution in [2.75, 3.05) is 13.1 Å². The minimum Gasteiger partial charge on any atom is -0.481 e. The predicted molar refractivity (Wildman–Crippen MR) is 81.2 cm³/mol. The molecule has 4 nitrogen and oxygen atoms in total. The molecule has 1 N–H and O–H groups in total. The number of furan rings is 1. The van der Waals surface area contributed by atoms with Crippen LogP contribution in [0.1, 0.15) is 38.0 Å². The number of nitrogens with zero attached hydrogens (tertiary/aromatic N) is 1. The number of carboxylic acid groups (broad SMARTS) is 1. The Labute approximate surface area is 124 Å². The van der Waals surface area contributed by atoms with E-state index in [1.165, 1.54) is 0 Å². The fourth-order valence-electron chi connectivity index (χ4n) is 3.25. The Hall–Kier alpha value is -1.81. The van der Waals surface area contributed by atoms with E-state index in [0.717, 1.165) is 42.7 Å². The minimum atomic E-state index is -0.696. The maximum Gasteiger partial charge on any atom is 0.303 e. The van der Waals surface area contributed by atoms with Crippen LogP contribution in [0.25, 0.3) is 11.0 Å². The molecule has 0 aliphatic carbocycles. The van der Waals surface area contributed by atoms with Gasteiger partial charge in [0.1, 0.15) is 11.3 Å². The topological polar surface area (TPSA) is 53.7 Å². The lowest BCUT2D eigenvalue weighted by atomic mass is 9.93. The summed E-state index contributed by atoms with van der Waals surface area (Å²) in [5, 5.41) is 10.1. The van der Waals surface area contributed by atoms with Crippen molar-refractivity contribution in [3.63, 3.8) is 0 Å². The van der Waals surface area contributed by atoms with E-state index in [9.17, 15) is 4.79 Å². The molecule has 2 atom stereocenters. The molecule has 1 aliphatic heterocycles. The molecular weight excluding hydrogens is 266 g/mol. The van der Waals surface area contributed by atoms with Crippen LogP contribution in [-0.4, -0.2) is 29.1 Å². The van der Waals surface area contributed by atoms with Crippen LogP contribution in [0.15, 0.2) is 34.7 Å². The van der Waals surface area contributed by atoms with Gasteiger partial charge in [-0.25, -0.2) is 0 Å². The Bertz CT molecular complexity index is 601. The molecule has 0 radical (unpaired) electrons. The molecule has 0 saturated carbocycles. The average Bonchev–Trinajstić information content (AvgIpc) is 2.90. The van der Waals surface area contributed by atoms with Crippen molar-refractivity contribution in [2.45, 2.75) is 32.2 Å². The SMILES string of the molecule is CC(c1cc2ccccc2o1)N1CCCC(CC(=O)O)C1. The third-order valence-corrected chi connectivity index (χ3v) is 4.42. The molecule has 2 aromatic rings. The summed E-state index contributed by atoms with van der Waals surface area (Å²) < 4.78 is 5.94. The molecule has 2 unspecified atom stereocenters. The molecule has 0 spiro atoms. The van der Waals surface area contributed by atoms with Crippen LogP contribution in [0.4, 0.5) is 0 Å². The van der Waals surface area contributed by atoms with E-state index >= 15 is 0 Å². The quantitative estimate of drug-likeness (QED) is 0.932. The smallest absolute Gasteiger partial charge is 0.303 e. The van der Waals surface area contributed by atoms with Gasteiger partial charge in [-0.05, 0) is 44.4 Å². The number of hydrogen-bond donors (Lipinski definition) is 1. The number of rotatable bonds is 4. The second-order valence-electron chi connectivity index (χ2n) is 5.96. The van der Waals surface area contributed by atoms with Crippen LogP contribution in [0.5, 0.6) is 0 Å². The van der Waals surface area contributed by atoms with Crippen molar-refractivity contribution in [1.82, 2.24) is 4.90 Å². The third kappa shape index (κ3) is 3.10. The van der Waals surface area contributed by atoms with E-state index < -0.39 is 5.97 Å². The second kappa shape index (κ2) is 5.90. The van der Waals surface area contributed by atoms with Gasteiger partial charge in [-0.2, -0.15) is 0 Å². The van der Waals surface area contributed by atoms with Crippen LogP contribution in [0, 0.1) is 5.92 Å². The number of aliphatic carboxylic acids is 1. The van der Waals surface area contributed by atoms with Crippen molar-refractivity contribution in [2.24, 2.45) is 5.92 Å². The Morgan fingerprint density at radius 3 is 3.05 bits per heavy atom. The van der Waals surface area contributed by atoms with Gasteiger partial charge < -0.3 is 9.52 Å². The Morgan fingerprint density at radius 1 is 1.48 bits per heavy atom. The Balaban J connectivity index is 1.74. The summed E-state index contributed by atoms with van der Waals surface area (Å²) in [5.74, 6) is 0.522. The lowest BCUT2D eigenvalue weighted by molar-refractivity contribution is -0.138. The summed E-state index contributed by atoms with van der Waals surface area (Å²) in [5.41, 5.74) is 0.915. The van der Waals surface area contributed by atoms with Crippen molar-refractivity contribution >= 4 is 16.9 Å². The molecule has 112 valence electrons. The van der Waals surface area contributed by atoms with Gasteiger partial charge in [0.25, 0.3) is 0 Å². The Morgan fingerprint density at radius 2 is 2.29 bits per heavy atom. The van der Waals surface area contributed by atoms with Gasteiger partial charge in [0, 0.05) is 18.4 Å². The van der Waals surface area contributed by atoms with E-state index in [1.54, 1.807) is 0 Å². The summed E-state index contributed by atoms with van der Waals surface area (Å²) in [6.45, 7) is 3.99. The number of likely N-dealkylation sites (tertiary alicyclic amines) is 1. The van der Waals surface area contributed by atoms with Crippen molar-refractivity contribution in [3.8, 4) is 0 Å². The number of benzene rings is 1. The first-order chi connectivity index (χ1) is 10.1. The highest BCUT2D eigenvalue weighted by molar-refractivity contribution is 5.77. The molecule has 1 aromatic heterocycles. The fourth-order valence-corrected chi connectivity index (χ4v) is 3.25. The summed E-state index contributed by atoms with van der Waals surface area (Å²) in [6, 6.07) is 10.3. The van der Waals surface area contributed by atoms with Gasteiger partial charge in [0.2, 0.25) is 0 Å². The fraction of sp³-hybridized carbons (Fsp3) is 0.471. The first kappa shape index (κ1) is 14.1. The highest BCUT2D eigenvalue weighted by Crippen LogP contribution is 2.31. The monoisotopic (exact) mass is 287 g/mol. The van der Waals surface area contributed by atoms with Gasteiger partial charge >= 0.3 is 5.97 Å². The lowest BCUT2D eigenvalue weighted by Crippen LogP contribution is -2.37. The van der Waals surface area contributed by atoms with Gasteiger partial charge in [-0.1, -0.05) is 18.2 Å². The molecule has 3 rings (SSSR count). The third-order valence-electron chi connectivity index (χ3n) is 4.42. The lowest BCUT2D eigenvalue weighted by Gasteiger charge is -2.35. The molecule has 2 heterocycles. The number of carboxylic acids is 1.